The smallest absolute Gasteiger partial charge is 0.310 e. The maximum Gasteiger partial charge on any atom is 0.310 e. The number of hydrogen-bond donors (Lipinski definition) is 15. The third-order valence-corrected chi connectivity index (χ3v) is 24.1. The number of H-pyrrole nitrogens is 2. The molecule has 7 fully saturated rings. The summed E-state index contributed by atoms with van der Waals surface area (Å²) in [5, 5.41) is 123. The van der Waals surface area contributed by atoms with Crippen LogP contribution in [0.15, 0.2) is 30.5 Å². The van der Waals surface area contributed by atoms with Crippen molar-refractivity contribution in [1.29, 1.82) is 0 Å². The minimum absolute atomic E-state index is 0.0632. The molecule has 0 aromatic carbocycles. The Bertz CT molecular complexity index is 2560. The molecule has 21 nitrogen and oxygen atoms in total. The molecular weight excluding hydrogens is 1020 g/mol. The number of aromatic nitrogens is 4. The molecule has 79 heavy (non-hydrogen) atoms. The van der Waals surface area contributed by atoms with E-state index in [1.807, 2.05) is 6.92 Å². The zero-order chi connectivity index (χ0) is 56.4. The molecule has 16 N–H and O–H groups in total. The van der Waals surface area contributed by atoms with Crippen LogP contribution in [0.1, 0.15) is 128 Å². The molecule has 24 unspecified atom stereocenters. The fourth-order valence-corrected chi connectivity index (χ4v) is 20.3. The molecule has 440 valence electrons. The monoisotopic (exact) mass is 1110 g/mol. The highest BCUT2D eigenvalue weighted by atomic mass is 16.7. The fourth-order valence-electron chi connectivity index (χ4n) is 20.3. The number of carbonyl (C=O) groups excluding carboxylic acids is 1. The predicted molar refractivity (Wildman–Crippen MR) is 285 cm³/mol. The second-order valence-electron chi connectivity index (χ2n) is 27.3. The first-order valence-electron chi connectivity index (χ1n) is 29.5. The number of carboxylic acid groups (broad SMARTS) is 1. The van der Waals surface area contributed by atoms with Crippen LogP contribution in [0.5, 0.6) is 0 Å². The van der Waals surface area contributed by atoms with E-state index in [0.29, 0.717) is 63.0 Å². The van der Waals surface area contributed by atoms with E-state index in [0.717, 1.165) is 43.4 Å². The minimum atomic E-state index is -1.72. The van der Waals surface area contributed by atoms with E-state index in [-0.39, 0.29) is 49.7 Å². The number of aliphatic carboxylic acids is 1. The maximum absolute atomic E-state index is 14.5. The summed E-state index contributed by atoms with van der Waals surface area (Å²) >= 11 is 0. The lowest BCUT2D eigenvalue weighted by Gasteiger charge is -2.77. The molecule has 11 rings (SSSR count). The molecule has 5 saturated carbocycles. The van der Waals surface area contributed by atoms with E-state index in [1.165, 1.54) is 6.33 Å². The summed E-state index contributed by atoms with van der Waals surface area (Å²) in [6.45, 7) is 7.73. The Morgan fingerprint density at radius 1 is 0.924 bits per heavy atom. The van der Waals surface area contributed by atoms with Gasteiger partial charge in [-0.15, -0.1) is 0 Å². The van der Waals surface area contributed by atoms with Crippen LogP contribution in [0, 0.1) is 85.8 Å². The van der Waals surface area contributed by atoms with Crippen molar-refractivity contribution in [3.8, 4) is 0 Å². The number of carboxylic acids is 1. The second-order valence-corrected chi connectivity index (χ2v) is 27.3. The van der Waals surface area contributed by atoms with E-state index in [4.69, 9.17) is 20.2 Å². The molecular formula is C58H89N7O14. The topological polar surface area (TPSA) is 362 Å². The van der Waals surface area contributed by atoms with Crippen LogP contribution in [0.3, 0.4) is 0 Å². The molecule has 2 aromatic rings. The first kappa shape index (κ1) is 57.2. The van der Waals surface area contributed by atoms with Crippen LogP contribution in [0.2, 0.25) is 0 Å². The lowest BCUT2D eigenvalue weighted by Crippen LogP contribution is -2.76. The van der Waals surface area contributed by atoms with Gasteiger partial charge in [-0.25, -0.2) is 9.97 Å². The van der Waals surface area contributed by atoms with Gasteiger partial charge in [0.1, 0.15) is 30.4 Å². The number of ether oxygens (including phenoxy) is 2. The number of amides is 1. The Labute approximate surface area is 462 Å². The molecule has 21 heteroatoms. The van der Waals surface area contributed by atoms with E-state index < -0.39 is 148 Å². The molecule has 24 atom stereocenters. The summed E-state index contributed by atoms with van der Waals surface area (Å²) in [5.74, 6) is -5.80. The first-order chi connectivity index (χ1) is 37.6. The number of nitrogens with two attached hydrogens (primary N) is 1. The van der Waals surface area contributed by atoms with Crippen LogP contribution in [0.25, 0.3) is 0 Å². The van der Waals surface area contributed by atoms with Crippen LogP contribution >= 0.6 is 0 Å². The number of carbonyl (C=O) groups is 2. The normalized spacial score (nSPS) is 47.0. The van der Waals surface area contributed by atoms with Gasteiger partial charge in [-0.1, -0.05) is 58.6 Å². The summed E-state index contributed by atoms with van der Waals surface area (Å²) < 4.78 is 12.8. The number of nitrogens with zero attached hydrogens (tertiary/aromatic N) is 2. The van der Waals surface area contributed by atoms with Gasteiger partial charge in [0.25, 0.3) is 0 Å². The molecule has 2 saturated heterocycles. The summed E-state index contributed by atoms with van der Waals surface area (Å²) in [4.78, 5) is 44.6. The Balaban J connectivity index is 1.14. The number of anilines is 1. The van der Waals surface area contributed by atoms with Gasteiger partial charge in [0.15, 0.2) is 6.29 Å². The summed E-state index contributed by atoms with van der Waals surface area (Å²) in [5.41, 5.74) is 3.28. The number of hydrogen-bond acceptors (Lipinski definition) is 17. The Morgan fingerprint density at radius 3 is 2.35 bits per heavy atom. The van der Waals surface area contributed by atoms with Gasteiger partial charge < -0.3 is 86.9 Å². The lowest BCUT2D eigenvalue weighted by molar-refractivity contribution is -0.351. The van der Waals surface area contributed by atoms with Crippen LogP contribution < -0.4 is 16.4 Å². The number of nitrogens with one attached hydrogen (secondary N) is 4. The van der Waals surface area contributed by atoms with Crippen molar-refractivity contribution in [2.45, 2.75) is 179 Å². The molecule has 0 radical (unpaired) electrons. The average Bonchev–Trinajstić information content (AvgIpc) is 1.72. The van der Waals surface area contributed by atoms with Crippen molar-refractivity contribution in [2.75, 3.05) is 38.3 Å². The van der Waals surface area contributed by atoms with Gasteiger partial charge in [-0.3, -0.25) is 9.59 Å². The number of allylic oxidation sites excluding steroid dienone is 2. The molecule has 6 aliphatic carbocycles. The molecule has 0 bridgehead atoms. The number of aliphatic hydroxyl groups excluding tert-OH is 9. The van der Waals surface area contributed by atoms with E-state index in [2.05, 4.69) is 52.4 Å². The SMILES string of the molecule is CC1(CO)CCC2(C(=O)O)C(C1)C1=CCC3C4(C5CCCCC5)C(CC5C(CO)C(=O)NC5C(c5cnc[nH]5)C(O)CC(N)O)C(O)C(OC5OCC(O)C(O)C5O)C(C)(CO)C4CCC3(C)C1(C)C1Cc3[nH]cnc3NCC12. The average molecular weight is 1110 g/mol. The molecule has 1 amide bonds. The van der Waals surface area contributed by atoms with Gasteiger partial charge in [0.05, 0.1) is 67.8 Å². The van der Waals surface area contributed by atoms with Crippen molar-refractivity contribution >= 4 is 17.7 Å². The van der Waals surface area contributed by atoms with Crippen molar-refractivity contribution in [3.05, 3.63) is 41.9 Å². The highest BCUT2D eigenvalue weighted by molar-refractivity contribution is 5.82. The summed E-state index contributed by atoms with van der Waals surface area (Å²) in [6, 6.07) is -0.888. The van der Waals surface area contributed by atoms with Gasteiger partial charge >= 0.3 is 5.97 Å². The number of rotatable bonds is 14. The van der Waals surface area contributed by atoms with Crippen molar-refractivity contribution in [2.24, 2.45) is 91.5 Å². The summed E-state index contributed by atoms with van der Waals surface area (Å²) in [6.07, 6.45) is 3.27. The van der Waals surface area contributed by atoms with Crippen molar-refractivity contribution < 1.29 is 70.1 Å². The first-order valence-corrected chi connectivity index (χ1v) is 29.5. The second kappa shape index (κ2) is 20.9. The number of aliphatic hydroxyl groups is 9. The Hall–Kier alpha value is -3.58. The zero-order valence-electron chi connectivity index (χ0n) is 46.3. The molecule has 5 heterocycles. The Kier molecular flexibility index (Phi) is 15.2. The number of fused-ring (bicyclic) bond motifs is 11. The maximum atomic E-state index is 14.5. The van der Waals surface area contributed by atoms with Gasteiger partial charge in [-0.05, 0) is 133 Å². The zero-order valence-corrected chi connectivity index (χ0v) is 46.3. The quantitative estimate of drug-likeness (QED) is 0.0729. The van der Waals surface area contributed by atoms with Crippen LogP contribution in [0.4, 0.5) is 5.82 Å². The van der Waals surface area contributed by atoms with Crippen molar-refractivity contribution in [1.82, 2.24) is 25.3 Å². The third kappa shape index (κ3) is 8.41. The molecule has 0 spiro atoms. The van der Waals surface area contributed by atoms with E-state index >= 15 is 0 Å². The lowest BCUT2D eigenvalue weighted by atomic mass is 9.27. The highest BCUT2D eigenvalue weighted by Crippen LogP contribution is 2.81. The summed E-state index contributed by atoms with van der Waals surface area (Å²) in [7, 11) is 0. The van der Waals surface area contributed by atoms with Crippen molar-refractivity contribution in [3.63, 3.8) is 0 Å². The fraction of sp³-hybridized carbons (Fsp3) is 0.828. The van der Waals surface area contributed by atoms with E-state index in [1.54, 1.807) is 12.5 Å². The Morgan fingerprint density at radius 2 is 1.68 bits per heavy atom. The molecule has 2 aromatic heterocycles. The van der Waals surface area contributed by atoms with E-state index in [9.17, 15) is 60.7 Å². The van der Waals surface area contributed by atoms with Crippen LogP contribution in [-0.2, 0) is 25.5 Å². The molecule has 9 aliphatic rings. The van der Waals surface area contributed by atoms with Crippen LogP contribution in [-0.4, -0.2) is 171 Å². The van der Waals surface area contributed by atoms with Gasteiger partial charge in [-0.2, -0.15) is 0 Å². The van der Waals surface area contributed by atoms with Gasteiger partial charge in [0, 0.05) is 48.8 Å². The number of aromatic amines is 2. The standard InChI is InChI=1S/C58H89N7O14/c1-53(24-67)14-15-57(52(76)77)34(19-53)31-10-11-41-55(3,56(31,4)32-17-36-49(64-27-63-36)61-20-35(32)57)13-12-40-54(2,25-68)48(79-51-47(74)46(73)39(70)23-78-51)45(72)33(58(40,41)28-8-6-5-7-9-28)16-29-30(22-66)50(75)65-44(29)43(37-21-60-26-62-37)38(69)18-42(59)71/h10,21,26-30,32-35,38-48,51,61,66-74H,5-9,11-20,22-25,59H2,1-4H3,(H,60,62)(H,63,64)(H,65,75)(H,76,77). The molecule has 3 aliphatic heterocycles. The third-order valence-electron chi connectivity index (χ3n) is 24.1. The number of imidazole rings is 2. The predicted octanol–water partition coefficient (Wildman–Crippen LogP) is 1.89. The van der Waals surface area contributed by atoms with Gasteiger partial charge in [0.2, 0.25) is 5.91 Å². The highest BCUT2D eigenvalue weighted by Gasteiger charge is 2.78. The minimum Gasteiger partial charge on any atom is -0.481 e. The largest absolute Gasteiger partial charge is 0.481 e.